The molecule has 0 saturated heterocycles. The molecule has 1 aromatic carbocycles. The highest BCUT2D eigenvalue weighted by atomic mass is 32.2. The van der Waals surface area contributed by atoms with Crippen LogP contribution in [0.2, 0.25) is 0 Å². The molecule has 0 saturated carbocycles. The summed E-state index contributed by atoms with van der Waals surface area (Å²) in [4.78, 5) is 16.5. The van der Waals surface area contributed by atoms with Gasteiger partial charge in [0.25, 0.3) is 0 Å². The van der Waals surface area contributed by atoms with E-state index in [1.54, 1.807) is 4.57 Å². The van der Waals surface area contributed by atoms with Crippen molar-refractivity contribution in [3.05, 3.63) is 58.1 Å². The fraction of sp³-hybridized carbons (Fsp3) is 0.412. The molecule has 3 rings (SSSR count). The van der Waals surface area contributed by atoms with Crippen molar-refractivity contribution in [3.63, 3.8) is 0 Å². The highest BCUT2D eigenvalue weighted by Crippen LogP contribution is 2.32. The van der Waals surface area contributed by atoms with E-state index in [9.17, 15) is 4.79 Å². The SMILES string of the molecule is CCCc1noc(C(C)Sc2n[nH]c(=O)n2CCc2ccccc2)n1. The third kappa shape index (κ3) is 4.39. The number of nitrogens with one attached hydrogen (secondary N) is 1. The minimum absolute atomic E-state index is 0.0798. The van der Waals surface area contributed by atoms with E-state index in [2.05, 4.69) is 27.3 Å². The fourth-order valence-electron chi connectivity index (χ4n) is 2.44. The van der Waals surface area contributed by atoms with E-state index < -0.39 is 0 Å². The van der Waals surface area contributed by atoms with Crippen LogP contribution in [-0.4, -0.2) is 24.9 Å². The van der Waals surface area contributed by atoms with Crippen molar-refractivity contribution in [2.24, 2.45) is 0 Å². The predicted molar refractivity (Wildman–Crippen MR) is 95.6 cm³/mol. The molecule has 0 radical (unpaired) electrons. The van der Waals surface area contributed by atoms with Crippen LogP contribution in [0, 0.1) is 0 Å². The molecule has 2 heterocycles. The van der Waals surface area contributed by atoms with Gasteiger partial charge in [0, 0.05) is 13.0 Å². The molecule has 1 unspecified atom stereocenters. The van der Waals surface area contributed by atoms with Gasteiger partial charge in [-0.2, -0.15) is 4.98 Å². The summed E-state index contributed by atoms with van der Waals surface area (Å²) in [6.07, 6.45) is 2.54. The molecule has 8 heteroatoms. The number of H-pyrrole nitrogens is 1. The smallest absolute Gasteiger partial charge is 0.338 e. The van der Waals surface area contributed by atoms with Gasteiger partial charge in [-0.1, -0.05) is 54.2 Å². The lowest BCUT2D eigenvalue weighted by atomic mass is 10.1. The summed E-state index contributed by atoms with van der Waals surface area (Å²) in [5, 5.41) is 11.2. The van der Waals surface area contributed by atoms with Crippen LogP contribution in [0.1, 0.15) is 42.8 Å². The molecule has 132 valence electrons. The highest BCUT2D eigenvalue weighted by molar-refractivity contribution is 7.99. The number of aryl methyl sites for hydroxylation is 2. The van der Waals surface area contributed by atoms with Crippen molar-refractivity contribution in [1.82, 2.24) is 24.9 Å². The first kappa shape index (κ1) is 17.5. The van der Waals surface area contributed by atoms with Crippen molar-refractivity contribution in [2.75, 3.05) is 0 Å². The number of aromatic nitrogens is 5. The Hall–Kier alpha value is -2.35. The fourth-order valence-corrected chi connectivity index (χ4v) is 3.35. The van der Waals surface area contributed by atoms with Crippen LogP contribution in [0.15, 0.2) is 44.8 Å². The van der Waals surface area contributed by atoms with Crippen LogP contribution in [0.25, 0.3) is 0 Å². The third-order valence-corrected chi connectivity index (χ3v) is 4.86. The summed E-state index contributed by atoms with van der Waals surface area (Å²) in [5.74, 6) is 1.27. The number of aromatic amines is 1. The number of thioether (sulfide) groups is 1. The number of hydrogen-bond donors (Lipinski definition) is 1. The van der Waals surface area contributed by atoms with E-state index >= 15 is 0 Å². The van der Waals surface area contributed by atoms with Crippen molar-refractivity contribution in [2.45, 2.75) is 50.1 Å². The van der Waals surface area contributed by atoms with Gasteiger partial charge in [-0.3, -0.25) is 4.57 Å². The second-order valence-electron chi connectivity index (χ2n) is 5.76. The number of rotatable bonds is 8. The van der Waals surface area contributed by atoms with E-state index in [0.717, 1.165) is 19.3 Å². The zero-order valence-corrected chi connectivity index (χ0v) is 15.1. The second-order valence-corrected chi connectivity index (χ2v) is 7.07. The summed E-state index contributed by atoms with van der Waals surface area (Å²) >= 11 is 1.44. The van der Waals surface area contributed by atoms with Crippen LogP contribution in [-0.2, 0) is 19.4 Å². The Morgan fingerprint density at radius 1 is 1.28 bits per heavy atom. The lowest BCUT2D eigenvalue weighted by molar-refractivity contribution is 0.374. The maximum absolute atomic E-state index is 12.0. The molecular formula is C17H21N5O2S. The normalized spacial score (nSPS) is 12.4. The van der Waals surface area contributed by atoms with E-state index in [1.165, 1.54) is 17.3 Å². The Bertz CT molecular complexity index is 855. The molecular weight excluding hydrogens is 338 g/mol. The maximum Gasteiger partial charge on any atom is 0.343 e. The topological polar surface area (TPSA) is 89.6 Å². The Morgan fingerprint density at radius 2 is 2.08 bits per heavy atom. The zero-order chi connectivity index (χ0) is 17.6. The highest BCUT2D eigenvalue weighted by Gasteiger charge is 2.19. The van der Waals surface area contributed by atoms with Gasteiger partial charge >= 0.3 is 5.69 Å². The largest absolute Gasteiger partial charge is 0.343 e. The monoisotopic (exact) mass is 359 g/mol. The standard InChI is InChI=1S/C17H21N5O2S/c1-3-7-14-18-15(24-21-14)12(2)25-17-20-19-16(23)22(17)11-10-13-8-5-4-6-9-13/h4-6,8-9,12H,3,7,10-11H2,1-2H3,(H,19,23). The van der Waals surface area contributed by atoms with Gasteiger partial charge < -0.3 is 4.52 Å². The number of nitrogens with zero attached hydrogens (tertiary/aromatic N) is 4. The minimum atomic E-state index is -0.206. The molecule has 3 aromatic rings. The third-order valence-electron chi connectivity index (χ3n) is 3.78. The average Bonchev–Trinajstić information content (AvgIpc) is 3.22. The molecule has 0 aliphatic heterocycles. The van der Waals surface area contributed by atoms with E-state index in [-0.39, 0.29) is 10.9 Å². The summed E-state index contributed by atoms with van der Waals surface area (Å²) in [7, 11) is 0. The first-order valence-electron chi connectivity index (χ1n) is 8.35. The average molecular weight is 359 g/mol. The van der Waals surface area contributed by atoms with E-state index in [1.807, 2.05) is 37.3 Å². The number of benzene rings is 1. The van der Waals surface area contributed by atoms with E-state index in [4.69, 9.17) is 4.52 Å². The van der Waals surface area contributed by atoms with Gasteiger partial charge in [0.2, 0.25) is 5.89 Å². The van der Waals surface area contributed by atoms with Crippen LogP contribution in [0.5, 0.6) is 0 Å². The summed E-state index contributed by atoms with van der Waals surface area (Å²) in [6, 6.07) is 10.1. The van der Waals surface area contributed by atoms with Gasteiger partial charge in [0.05, 0.1) is 5.25 Å². The summed E-state index contributed by atoms with van der Waals surface area (Å²) in [5.41, 5.74) is 0.975. The summed E-state index contributed by atoms with van der Waals surface area (Å²) in [6.45, 7) is 4.61. The second kappa shape index (κ2) is 8.15. The van der Waals surface area contributed by atoms with Crippen LogP contribution >= 0.6 is 11.8 Å². The van der Waals surface area contributed by atoms with Crippen molar-refractivity contribution in [3.8, 4) is 0 Å². The summed E-state index contributed by atoms with van der Waals surface area (Å²) < 4.78 is 6.97. The molecule has 0 fully saturated rings. The predicted octanol–water partition coefficient (Wildman–Crippen LogP) is 3.00. The molecule has 0 aliphatic rings. The first-order chi connectivity index (χ1) is 12.2. The molecule has 0 aliphatic carbocycles. The van der Waals surface area contributed by atoms with Crippen LogP contribution in [0.4, 0.5) is 0 Å². The quantitative estimate of drug-likeness (QED) is 0.622. The number of hydrogen-bond acceptors (Lipinski definition) is 6. The molecule has 0 spiro atoms. The van der Waals surface area contributed by atoms with Crippen LogP contribution < -0.4 is 5.69 Å². The molecule has 25 heavy (non-hydrogen) atoms. The van der Waals surface area contributed by atoms with Crippen molar-refractivity contribution in [1.29, 1.82) is 0 Å². The lowest BCUT2D eigenvalue weighted by Crippen LogP contribution is -2.19. The van der Waals surface area contributed by atoms with Gasteiger partial charge in [-0.25, -0.2) is 9.89 Å². The Morgan fingerprint density at radius 3 is 2.84 bits per heavy atom. The Balaban J connectivity index is 1.69. The molecule has 0 bridgehead atoms. The van der Waals surface area contributed by atoms with Crippen molar-refractivity contribution >= 4 is 11.8 Å². The molecule has 0 amide bonds. The Labute approximate surface area is 149 Å². The Kier molecular flexibility index (Phi) is 5.70. The van der Waals surface area contributed by atoms with Gasteiger partial charge in [-0.15, -0.1) is 5.10 Å². The molecule has 7 nitrogen and oxygen atoms in total. The van der Waals surface area contributed by atoms with Crippen LogP contribution in [0.3, 0.4) is 0 Å². The zero-order valence-electron chi connectivity index (χ0n) is 14.3. The van der Waals surface area contributed by atoms with E-state index in [0.29, 0.717) is 23.4 Å². The van der Waals surface area contributed by atoms with Gasteiger partial charge in [0.15, 0.2) is 11.0 Å². The van der Waals surface area contributed by atoms with Gasteiger partial charge in [-0.05, 0) is 25.3 Å². The maximum atomic E-state index is 12.0. The molecule has 1 N–H and O–H groups in total. The van der Waals surface area contributed by atoms with Gasteiger partial charge in [0.1, 0.15) is 0 Å². The molecule has 1 atom stereocenters. The lowest BCUT2D eigenvalue weighted by Gasteiger charge is -2.08. The van der Waals surface area contributed by atoms with Crippen molar-refractivity contribution < 1.29 is 4.52 Å². The minimum Gasteiger partial charge on any atom is -0.338 e. The molecule has 2 aromatic heterocycles. The first-order valence-corrected chi connectivity index (χ1v) is 9.23.